The summed E-state index contributed by atoms with van der Waals surface area (Å²) >= 11 is 0. The Hall–Kier alpha value is -5.37. The first kappa shape index (κ1) is 25.3. The summed E-state index contributed by atoms with van der Waals surface area (Å²) in [5.74, 6) is -1.46. The summed E-state index contributed by atoms with van der Waals surface area (Å²) in [5.41, 5.74) is -1.30. The molecule has 0 atom stereocenters. The molecule has 196 valence electrons. The number of imide groups is 1. The lowest BCUT2D eigenvalue weighted by molar-refractivity contribution is -0.390. The summed E-state index contributed by atoms with van der Waals surface area (Å²) in [6, 6.07) is 15.5. The molecule has 1 aliphatic rings. The summed E-state index contributed by atoms with van der Waals surface area (Å²) in [4.78, 5) is 48.9. The van der Waals surface area contributed by atoms with Gasteiger partial charge in [0.15, 0.2) is 0 Å². The van der Waals surface area contributed by atoms with E-state index in [4.69, 9.17) is 4.74 Å². The number of carbonyl (C=O) groups is 2. The molecule has 0 aromatic heterocycles. The maximum absolute atomic E-state index is 13.4. The third-order valence-electron chi connectivity index (χ3n) is 6.13. The molecule has 13 nitrogen and oxygen atoms in total. The second-order valence-corrected chi connectivity index (χ2v) is 9.96. The molecule has 0 fully saturated rings. The van der Waals surface area contributed by atoms with Crippen LogP contribution in [-0.4, -0.2) is 37.2 Å². The van der Waals surface area contributed by atoms with Crippen LogP contribution >= 0.6 is 0 Å². The van der Waals surface area contributed by atoms with E-state index in [0.717, 1.165) is 29.2 Å². The van der Waals surface area contributed by atoms with Crippen molar-refractivity contribution in [2.24, 2.45) is 0 Å². The van der Waals surface area contributed by atoms with Gasteiger partial charge in [-0.15, -0.1) is 0 Å². The molecule has 0 aliphatic carbocycles. The van der Waals surface area contributed by atoms with Crippen LogP contribution in [0.25, 0.3) is 10.8 Å². The monoisotopic (exact) mass is 548 g/mol. The van der Waals surface area contributed by atoms with Crippen molar-refractivity contribution < 1.29 is 32.6 Å². The number of non-ortho nitro benzene ring substituents is 2. The van der Waals surface area contributed by atoms with Gasteiger partial charge in [0.2, 0.25) is 0 Å². The van der Waals surface area contributed by atoms with Crippen molar-refractivity contribution in [2.45, 2.75) is 4.90 Å². The Morgan fingerprint density at radius 1 is 0.769 bits per heavy atom. The van der Waals surface area contributed by atoms with Gasteiger partial charge in [-0.05, 0) is 48.5 Å². The molecule has 5 rings (SSSR count). The Morgan fingerprint density at radius 3 is 1.82 bits per heavy atom. The van der Waals surface area contributed by atoms with Crippen molar-refractivity contribution in [3.8, 4) is 5.75 Å². The maximum atomic E-state index is 13.4. The number of sulfonamides is 1. The fourth-order valence-corrected chi connectivity index (χ4v) is 5.47. The Labute approximate surface area is 219 Å². The zero-order valence-corrected chi connectivity index (χ0v) is 20.7. The fraction of sp³-hybridized carbons (Fsp3) is 0.0400. The largest absolute Gasteiger partial charge is 0.495 e. The minimum Gasteiger partial charge on any atom is -0.495 e. The molecule has 4 aromatic rings. The lowest BCUT2D eigenvalue weighted by Gasteiger charge is -2.27. The summed E-state index contributed by atoms with van der Waals surface area (Å²) in [6.07, 6.45) is 0. The van der Waals surface area contributed by atoms with Crippen LogP contribution in [0.2, 0.25) is 0 Å². The van der Waals surface area contributed by atoms with Crippen LogP contribution in [0.15, 0.2) is 77.7 Å². The molecule has 0 unspecified atom stereocenters. The van der Waals surface area contributed by atoms with E-state index in [1.807, 2.05) is 0 Å². The minimum absolute atomic E-state index is 0.0248. The number of hydrogen-bond donors (Lipinski definition) is 1. The van der Waals surface area contributed by atoms with Crippen LogP contribution in [0.4, 0.5) is 22.7 Å². The van der Waals surface area contributed by atoms with Crippen LogP contribution in [0.5, 0.6) is 5.75 Å². The molecular formula is C25H16N4O9S. The van der Waals surface area contributed by atoms with Crippen molar-refractivity contribution in [1.82, 2.24) is 0 Å². The van der Waals surface area contributed by atoms with Gasteiger partial charge in [0.1, 0.15) is 11.1 Å². The Morgan fingerprint density at radius 2 is 1.31 bits per heavy atom. The SMILES string of the molecule is COc1ccccc1NS(=O)(=O)c1ccc(N2C(=O)c3ccc([N+](=O)[O-])c4c([N+](=O)[O-])ccc(c34)C2=O)cc1. The summed E-state index contributed by atoms with van der Waals surface area (Å²) in [5, 5.41) is 22.5. The van der Waals surface area contributed by atoms with Gasteiger partial charge in [-0.25, -0.2) is 13.3 Å². The highest BCUT2D eigenvalue weighted by Crippen LogP contribution is 2.41. The fourth-order valence-electron chi connectivity index (χ4n) is 4.40. The topological polar surface area (TPSA) is 179 Å². The Bertz CT molecular complexity index is 1770. The molecule has 1 N–H and O–H groups in total. The molecule has 4 aromatic carbocycles. The molecular weight excluding hydrogens is 532 g/mol. The predicted octanol–water partition coefficient (Wildman–Crippen LogP) is 4.27. The van der Waals surface area contributed by atoms with E-state index in [-0.39, 0.29) is 32.8 Å². The lowest BCUT2D eigenvalue weighted by atomic mass is 9.91. The zero-order valence-electron chi connectivity index (χ0n) is 19.9. The molecule has 1 heterocycles. The molecule has 1 aliphatic heterocycles. The first-order valence-electron chi connectivity index (χ1n) is 11.1. The van der Waals surface area contributed by atoms with Crippen molar-refractivity contribution in [3.63, 3.8) is 0 Å². The number of methoxy groups -OCH3 is 1. The van der Waals surface area contributed by atoms with Crippen LogP contribution in [-0.2, 0) is 10.0 Å². The smallest absolute Gasteiger partial charge is 0.284 e. The van der Waals surface area contributed by atoms with Gasteiger partial charge in [-0.3, -0.25) is 34.5 Å². The van der Waals surface area contributed by atoms with Gasteiger partial charge >= 0.3 is 0 Å². The average molecular weight is 548 g/mol. The second kappa shape index (κ2) is 9.18. The normalized spacial score (nSPS) is 12.9. The van der Waals surface area contributed by atoms with Gasteiger partial charge in [0, 0.05) is 28.6 Å². The Balaban J connectivity index is 1.55. The van der Waals surface area contributed by atoms with E-state index in [0.29, 0.717) is 5.75 Å². The highest BCUT2D eigenvalue weighted by atomic mass is 32.2. The third-order valence-corrected chi connectivity index (χ3v) is 7.52. The maximum Gasteiger partial charge on any atom is 0.284 e. The van der Waals surface area contributed by atoms with Crippen molar-refractivity contribution in [3.05, 3.63) is 104 Å². The standard InChI is InChI=1S/C25H16N4O9S/c1-38-21-5-3-2-4-18(21)26-39(36,37)15-8-6-14(7-9-15)27-24(30)16-10-12-19(28(32)33)23-20(29(34)35)13-11-17(22(16)23)25(27)31/h2-13,26H,1H3. The average Bonchev–Trinajstić information content (AvgIpc) is 2.91. The highest BCUT2D eigenvalue weighted by molar-refractivity contribution is 7.92. The molecule has 2 amide bonds. The number of rotatable bonds is 7. The number of ether oxygens (including phenoxy) is 1. The van der Waals surface area contributed by atoms with Crippen LogP contribution in [0.3, 0.4) is 0 Å². The van der Waals surface area contributed by atoms with E-state index >= 15 is 0 Å². The number of para-hydroxylation sites is 2. The van der Waals surface area contributed by atoms with E-state index in [1.165, 1.54) is 37.4 Å². The number of carbonyl (C=O) groups excluding carboxylic acids is 2. The van der Waals surface area contributed by atoms with E-state index in [1.54, 1.807) is 18.2 Å². The number of anilines is 2. The lowest BCUT2D eigenvalue weighted by Crippen LogP contribution is -2.40. The Kier molecular flexibility index (Phi) is 5.95. The van der Waals surface area contributed by atoms with Crippen molar-refractivity contribution in [2.75, 3.05) is 16.7 Å². The number of nitrogens with zero attached hydrogens (tertiary/aromatic N) is 3. The predicted molar refractivity (Wildman–Crippen MR) is 139 cm³/mol. The molecule has 39 heavy (non-hydrogen) atoms. The van der Waals surface area contributed by atoms with Crippen LogP contribution in [0.1, 0.15) is 20.7 Å². The van der Waals surface area contributed by atoms with Gasteiger partial charge in [0.05, 0.1) is 33.2 Å². The van der Waals surface area contributed by atoms with E-state index < -0.39 is 48.4 Å². The van der Waals surface area contributed by atoms with Gasteiger partial charge in [-0.2, -0.15) is 0 Å². The van der Waals surface area contributed by atoms with Gasteiger partial charge in [0.25, 0.3) is 33.2 Å². The molecule has 0 spiro atoms. The highest BCUT2D eigenvalue weighted by Gasteiger charge is 2.38. The number of hydrogen-bond acceptors (Lipinski definition) is 9. The summed E-state index contributed by atoms with van der Waals surface area (Å²) in [7, 11) is -2.68. The van der Waals surface area contributed by atoms with Gasteiger partial charge in [-0.1, -0.05) is 12.1 Å². The van der Waals surface area contributed by atoms with Crippen molar-refractivity contribution in [1.29, 1.82) is 0 Å². The number of nitrogens with one attached hydrogen (secondary N) is 1. The van der Waals surface area contributed by atoms with E-state index in [9.17, 15) is 38.2 Å². The first-order valence-corrected chi connectivity index (χ1v) is 12.6. The third kappa shape index (κ3) is 4.08. The number of nitro groups is 2. The number of benzene rings is 4. The number of amides is 2. The molecule has 0 saturated carbocycles. The first-order chi connectivity index (χ1) is 18.5. The zero-order chi connectivity index (χ0) is 28.1. The minimum atomic E-state index is -4.07. The second-order valence-electron chi connectivity index (χ2n) is 8.27. The molecule has 0 radical (unpaired) electrons. The summed E-state index contributed by atoms with van der Waals surface area (Å²) in [6.45, 7) is 0. The molecule has 14 heteroatoms. The quantitative estimate of drug-likeness (QED) is 0.200. The van der Waals surface area contributed by atoms with Crippen molar-refractivity contribution >= 4 is 55.4 Å². The van der Waals surface area contributed by atoms with E-state index in [2.05, 4.69) is 4.72 Å². The molecule has 0 saturated heterocycles. The van der Waals surface area contributed by atoms with Crippen LogP contribution in [0, 0.1) is 20.2 Å². The van der Waals surface area contributed by atoms with Crippen LogP contribution < -0.4 is 14.4 Å². The summed E-state index contributed by atoms with van der Waals surface area (Å²) < 4.78 is 33.4. The molecule has 0 bridgehead atoms. The number of nitro benzene ring substituents is 2. The van der Waals surface area contributed by atoms with Gasteiger partial charge < -0.3 is 4.74 Å².